The van der Waals surface area contributed by atoms with Crippen LogP contribution in [0, 0.1) is 0 Å². The number of hydrogen-bond acceptors (Lipinski definition) is 5. The van der Waals surface area contributed by atoms with Crippen molar-refractivity contribution in [3.05, 3.63) is 215 Å². The minimum Gasteiger partial charge on any atom is -0.374 e. The molecule has 0 radical (unpaired) electrons. The summed E-state index contributed by atoms with van der Waals surface area (Å²) in [7, 11) is 0. The van der Waals surface area contributed by atoms with Crippen molar-refractivity contribution < 1.29 is 32.5 Å². The van der Waals surface area contributed by atoms with Crippen molar-refractivity contribution in [3.8, 4) is 0 Å². The monoisotopic (exact) mass is 740 g/mol. The summed E-state index contributed by atoms with van der Waals surface area (Å²) in [6, 6.07) is 55.0. The molecular weight excluding hydrogens is 695 g/mol. The first-order valence-electron chi connectivity index (χ1n) is 18.8. The Morgan fingerprint density at radius 3 is 1.35 bits per heavy atom. The van der Waals surface area contributed by atoms with Crippen LogP contribution in [0.15, 0.2) is 176 Å². The van der Waals surface area contributed by atoms with E-state index in [0.717, 1.165) is 27.8 Å². The molecule has 282 valence electrons. The van der Waals surface area contributed by atoms with Crippen LogP contribution in [-0.2, 0) is 62.5 Å². The van der Waals surface area contributed by atoms with Crippen molar-refractivity contribution >= 4 is 0 Å². The van der Waals surface area contributed by atoms with Crippen LogP contribution in [-0.4, -0.2) is 37.1 Å². The second-order valence-corrected chi connectivity index (χ2v) is 13.8. The molecule has 1 aliphatic heterocycles. The third kappa shape index (κ3) is 10.2. The number of rotatable bonds is 17. The smallest absolute Gasteiger partial charge is 0.301 e. The van der Waals surface area contributed by atoms with Gasteiger partial charge in [0.15, 0.2) is 6.10 Å². The minimum absolute atomic E-state index is 0.0107. The lowest BCUT2D eigenvalue weighted by Gasteiger charge is -2.48. The van der Waals surface area contributed by atoms with E-state index in [1.165, 1.54) is 6.07 Å². The normalized spacial score (nSPS) is 19.9. The van der Waals surface area contributed by atoms with Crippen LogP contribution in [0.1, 0.15) is 38.9 Å². The molecule has 55 heavy (non-hydrogen) atoms. The topological polar surface area (TPSA) is 46.2 Å². The van der Waals surface area contributed by atoms with Gasteiger partial charge in [-0.05, 0) is 39.8 Å². The van der Waals surface area contributed by atoms with Crippen LogP contribution in [0.3, 0.4) is 0 Å². The molecule has 1 heterocycles. The predicted molar refractivity (Wildman–Crippen MR) is 209 cm³/mol. The largest absolute Gasteiger partial charge is 0.374 e. The summed E-state index contributed by atoms with van der Waals surface area (Å²) in [6.45, 7) is 0.697. The van der Waals surface area contributed by atoms with Gasteiger partial charge < -0.3 is 23.7 Å². The maximum Gasteiger partial charge on any atom is 0.301 e. The van der Waals surface area contributed by atoms with Gasteiger partial charge in [-0.15, -0.1) is 0 Å². The van der Waals surface area contributed by atoms with E-state index in [1.807, 2.05) is 152 Å². The lowest BCUT2D eigenvalue weighted by molar-refractivity contribution is -0.313. The predicted octanol–water partition coefficient (Wildman–Crippen LogP) is 10.1. The van der Waals surface area contributed by atoms with E-state index in [4.69, 9.17) is 23.7 Å². The zero-order chi connectivity index (χ0) is 37.7. The lowest BCUT2D eigenvalue weighted by Crippen LogP contribution is -2.64. The molecule has 7 heteroatoms. The zero-order valence-corrected chi connectivity index (χ0v) is 30.7. The van der Waals surface area contributed by atoms with Gasteiger partial charge in [-0.25, -0.2) is 0 Å². The number of halogens is 2. The van der Waals surface area contributed by atoms with Gasteiger partial charge in [0, 0.05) is 5.56 Å². The van der Waals surface area contributed by atoms with Crippen molar-refractivity contribution in [2.24, 2.45) is 0 Å². The number of hydrogen-bond donors (Lipinski definition) is 0. The first kappa shape index (κ1) is 38.3. The molecule has 0 amide bonds. The Balaban J connectivity index is 1.28. The molecule has 5 atom stereocenters. The fourth-order valence-corrected chi connectivity index (χ4v) is 7.05. The van der Waals surface area contributed by atoms with Gasteiger partial charge in [-0.3, -0.25) is 0 Å². The molecule has 7 rings (SSSR count). The van der Waals surface area contributed by atoms with E-state index in [2.05, 4.69) is 0 Å². The van der Waals surface area contributed by atoms with E-state index in [1.54, 1.807) is 18.2 Å². The van der Waals surface area contributed by atoms with Crippen molar-refractivity contribution in [2.75, 3.05) is 6.61 Å². The highest BCUT2D eigenvalue weighted by Crippen LogP contribution is 2.44. The van der Waals surface area contributed by atoms with Crippen LogP contribution in [0.25, 0.3) is 0 Å². The molecule has 1 fully saturated rings. The summed E-state index contributed by atoms with van der Waals surface area (Å²) in [6.07, 6.45) is -5.39. The third-order valence-electron chi connectivity index (χ3n) is 9.85. The summed E-state index contributed by atoms with van der Waals surface area (Å²) in [5, 5.41) is 0. The molecule has 0 unspecified atom stereocenters. The maximum atomic E-state index is 17.7. The van der Waals surface area contributed by atoms with Crippen LogP contribution < -0.4 is 0 Å². The molecule has 0 aliphatic carbocycles. The minimum atomic E-state index is -3.51. The average Bonchev–Trinajstić information content (AvgIpc) is 3.23. The summed E-state index contributed by atoms with van der Waals surface area (Å²) in [4.78, 5) is 0. The van der Waals surface area contributed by atoms with Gasteiger partial charge >= 0.3 is 5.92 Å². The van der Waals surface area contributed by atoms with Gasteiger partial charge in [0.1, 0.15) is 24.4 Å². The Kier molecular flexibility index (Phi) is 13.2. The molecular formula is C48H46F2O5. The molecule has 6 aromatic rings. The second kappa shape index (κ2) is 19.0. The highest BCUT2D eigenvalue weighted by molar-refractivity contribution is 5.37. The van der Waals surface area contributed by atoms with Gasteiger partial charge in [-0.2, -0.15) is 8.78 Å². The van der Waals surface area contributed by atoms with Crippen molar-refractivity contribution in [3.63, 3.8) is 0 Å². The van der Waals surface area contributed by atoms with Gasteiger partial charge in [0.2, 0.25) is 0 Å². The summed E-state index contributed by atoms with van der Waals surface area (Å²) in [5.41, 5.74) is 4.93. The maximum absolute atomic E-state index is 17.7. The molecule has 1 aliphatic rings. The Morgan fingerprint density at radius 1 is 0.436 bits per heavy atom. The number of benzene rings is 6. The van der Waals surface area contributed by atoms with Crippen molar-refractivity contribution in [2.45, 2.75) is 69.3 Å². The second-order valence-electron chi connectivity index (χ2n) is 13.8. The van der Waals surface area contributed by atoms with Crippen LogP contribution in [0.5, 0.6) is 0 Å². The highest BCUT2D eigenvalue weighted by Gasteiger charge is 2.58. The third-order valence-corrected chi connectivity index (χ3v) is 9.85. The molecule has 0 spiro atoms. The van der Waals surface area contributed by atoms with E-state index < -0.39 is 36.4 Å². The Hall–Kier alpha value is -5.02. The molecule has 0 bridgehead atoms. The SMILES string of the molecule is FC(F)(c1ccccc1Cc1ccccc1)[C@@H]1O[C@H](COCc2ccccc2)[C@@H](OCc2ccccc2)[C@H](OCc2ccccc2)[C@H]1OCc1ccccc1. The van der Waals surface area contributed by atoms with Crippen LogP contribution in [0.4, 0.5) is 8.78 Å². The summed E-state index contributed by atoms with van der Waals surface area (Å²) < 4.78 is 68.3. The van der Waals surface area contributed by atoms with E-state index in [-0.39, 0.29) is 38.6 Å². The van der Waals surface area contributed by atoms with Crippen molar-refractivity contribution in [1.29, 1.82) is 0 Å². The zero-order valence-electron chi connectivity index (χ0n) is 30.7. The molecule has 0 saturated carbocycles. The highest BCUT2D eigenvalue weighted by atomic mass is 19.3. The first-order chi connectivity index (χ1) is 27.0. The number of alkyl halides is 2. The Labute approximate surface area is 322 Å². The van der Waals surface area contributed by atoms with Crippen molar-refractivity contribution in [1.82, 2.24) is 0 Å². The number of ether oxygens (including phenoxy) is 5. The van der Waals surface area contributed by atoms with E-state index >= 15 is 8.78 Å². The quantitative estimate of drug-likeness (QED) is 0.0932. The van der Waals surface area contributed by atoms with Gasteiger partial charge in [0.05, 0.1) is 33.0 Å². The summed E-state index contributed by atoms with van der Waals surface area (Å²) >= 11 is 0. The molecule has 1 saturated heterocycles. The van der Waals surface area contributed by atoms with E-state index in [9.17, 15) is 0 Å². The van der Waals surface area contributed by atoms with Crippen LogP contribution >= 0.6 is 0 Å². The first-order valence-corrected chi connectivity index (χ1v) is 18.8. The molecule has 0 N–H and O–H groups in total. The molecule has 5 nitrogen and oxygen atoms in total. The molecule has 6 aromatic carbocycles. The van der Waals surface area contributed by atoms with Crippen LogP contribution in [0.2, 0.25) is 0 Å². The Morgan fingerprint density at radius 2 is 0.836 bits per heavy atom. The summed E-state index contributed by atoms with van der Waals surface area (Å²) in [5.74, 6) is -3.51. The average molecular weight is 741 g/mol. The van der Waals surface area contributed by atoms with Gasteiger partial charge in [0.25, 0.3) is 0 Å². The molecule has 0 aromatic heterocycles. The standard InChI is InChI=1S/C48H46F2O5/c49-48(50,42-29-17-16-28-41(42)30-36-18-6-1-7-19-36)47-46(54-34-40-26-14-5-15-27-40)45(53-33-39-24-12-4-13-25-39)44(52-32-38-22-10-3-11-23-38)43(55-47)35-51-31-37-20-8-2-9-21-37/h1-29,43-47H,30-35H2/t43-,44-,45+,46-,47-/m1/s1. The lowest BCUT2D eigenvalue weighted by atomic mass is 9.86. The fraction of sp³-hybridized carbons (Fsp3) is 0.250. The Bertz CT molecular complexity index is 2000. The van der Waals surface area contributed by atoms with E-state index in [0.29, 0.717) is 12.0 Å². The van der Waals surface area contributed by atoms with Gasteiger partial charge in [-0.1, -0.05) is 176 Å². The fourth-order valence-electron chi connectivity index (χ4n) is 7.05.